The van der Waals surface area contributed by atoms with Crippen molar-refractivity contribution in [2.75, 3.05) is 32.7 Å². The maximum atomic E-state index is 12.5. The molecule has 2 atom stereocenters. The molecule has 116 valence electrons. The van der Waals surface area contributed by atoms with Gasteiger partial charge in [-0.1, -0.05) is 6.42 Å². The highest BCUT2D eigenvalue weighted by Gasteiger charge is 2.33. The van der Waals surface area contributed by atoms with E-state index in [-0.39, 0.29) is 18.3 Å². The molecule has 1 amide bonds. The average Bonchev–Trinajstić information content (AvgIpc) is 2.37. The summed E-state index contributed by atoms with van der Waals surface area (Å²) in [6, 6.07) is 1.33. The molecule has 2 heterocycles. The number of rotatable bonds is 2. The van der Waals surface area contributed by atoms with Crippen LogP contribution < -0.4 is 5.32 Å². The Balaban J connectivity index is 0.00000147. The normalized spacial score (nSPS) is 32.4. The SMILES string of the molecule is C[C@H]1C[C@@H](C(=O)N2CCN(C3CCC3)CC2)CCN1.Cl. The van der Waals surface area contributed by atoms with E-state index in [4.69, 9.17) is 0 Å². The number of carbonyl (C=O) groups excluding carboxylic acids is 1. The number of hydrogen-bond donors (Lipinski definition) is 1. The summed E-state index contributed by atoms with van der Waals surface area (Å²) in [5, 5.41) is 3.43. The zero-order valence-electron chi connectivity index (χ0n) is 12.5. The summed E-state index contributed by atoms with van der Waals surface area (Å²) in [7, 11) is 0. The largest absolute Gasteiger partial charge is 0.340 e. The second-order valence-electron chi connectivity index (χ2n) is 6.52. The van der Waals surface area contributed by atoms with Crippen LogP contribution in [0.3, 0.4) is 0 Å². The molecular weight excluding hydrogens is 274 g/mol. The quantitative estimate of drug-likeness (QED) is 0.839. The van der Waals surface area contributed by atoms with Crippen LogP contribution in [0.1, 0.15) is 39.0 Å². The second-order valence-corrected chi connectivity index (χ2v) is 6.52. The highest BCUT2D eigenvalue weighted by molar-refractivity contribution is 5.85. The minimum Gasteiger partial charge on any atom is -0.340 e. The van der Waals surface area contributed by atoms with Gasteiger partial charge < -0.3 is 10.2 Å². The van der Waals surface area contributed by atoms with Gasteiger partial charge in [-0.15, -0.1) is 12.4 Å². The third-order valence-corrected chi connectivity index (χ3v) is 5.19. The van der Waals surface area contributed by atoms with Gasteiger partial charge in [0.2, 0.25) is 5.91 Å². The molecule has 20 heavy (non-hydrogen) atoms. The Hall–Kier alpha value is -0.320. The number of halogens is 1. The zero-order valence-corrected chi connectivity index (χ0v) is 13.3. The number of nitrogens with zero attached hydrogens (tertiary/aromatic N) is 2. The van der Waals surface area contributed by atoms with Gasteiger partial charge in [0.25, 0.3) is 0 Å². The van der Waals surface area contributed by atoms with Crippen molar-refractivity contribution in [3.8, 4) is 0 Å². The van der Waals surface area contributed by atoms with Crippen molar-refractivity contribution in [3.63, 3.8) is 0 Å². The molecule has 0 aromatic carbocycles. The molecule has 0 bridgehead atoms. The molecule has 5 heteroatoms. The van der Waals surface area contributed by atoms with Crippen LogP contribution in [0.5, 0.6) is 0 Å². The molecule has 3 rings (SSSR count). The zero-order chi connectivity index (χ0) is 13.2. The van der Waals surface area contributed by atoms with Crippen LogP contribution in [-0.4, -0.2) is 60.5 Å². The number of carbonyl (C=O) groups is 1. The molecule has 1 saturated carbocycles. The van der Waals surface area contributed by atoms with Crippen molar-refractivity contribution >= 4 is 18.3 Å². The van der Waals surface area contributed by atoms with Gasteiger partial charge in [0.15, 0.2) is 0 Å². The lowest BCUT2D eigenvalue weighted by atomic mass is 9.90. The van der Waals surface area contributed by atoms with Gasteiger partial charge in [0.05, 0.1) is 0 Å². The van der Waals surface area contributed by atoms with Crippen LogP contribution in [0.2, 0.25) is 0 Å². The smallest absolute Gasteiger partial charge is 0.225 e. The first-order valence-corrected chi connectivity index (χ1v) is 8.00. The molecule has 0 spiro atoms. The molecule has 2 aliphatic heterocycles. The Labute approximate surface area is 128 Å². The van der Waals surface area contributed by atoms with Crippen LogP contribution in [0.4, 0.5) is 0 Å². The number of amides is 1. The van der Waals surface area contributed by atoms with E-state index in [2.05, 4.69) is 22.0 Å². The predicted octanol–water partition coefficient (Wildman–Crippen LogP) is 1.49. The average molecular weight is 302 g/mol. The van der Waals surface area contributed by atoms with E-state index in [1.165, 1.54) is 19.3 Å². The number of piperazine rings is 1. The van der Waals surface area contributed by atoms with Gasteiger partial charge >= 0.3 is 0 Å². The maximum absolute atomic E-state index is 12.5. The van der Waals surface area contributed by atoms with Gasteiger partial charge in [0, 0.05) is 44.2 Å². The van der Waals surface area contributed by atoms with E-state index in [1.54, 1.807) is 0 Å². The van der Waals surface area contributed by atoms with Crippen molar-refractivity contribution in [1.82, 2.24) is 15.1 Å². The summed E-state index contributed by atoms with van der Waals surface area (Å²) in [5.41, 5.74) is 0. The maximum Gasteiger partial charge on any atom is 0.225 e. The van der Waals surface area contributed by atoms with Gasteiger partial charge in [-0.3, -0.25) is 9.69 Å². The van der Waals surface area contributed by atoms with Crippen molar-refractivity contribution < 1.29 is 4.79 Å². The lowest BCUT2D eigenvalue weighted by Gasteiger charge is -2.44. The highest BCUT2D eigenvalue weighted by atomic mass is 35.5. The third kappa shape index (κ3) is 3.46. The molecular formula is C15H28ClN3O. The molecule has 0 unspecified atom stereocenters. The molecule has 1 aliphatic carbocycles. The molecule has 4 nitrogen and oxygen atoms in total. The Bertz CT molecular complexity index is 327. The van der Waals surface area contributed by atoms with E-state index < -0.39 is 0 Å². The topological polar surface area (TPSA) is 35.6 Å². The Morgan fingerprint density at radius 1 is 1.10 bits per heavy atom. The first-order valence-electron chi connectivity index (χ1n) is 8.00. The van der Waals surface area contributed by atoms with E-state index in [9.17, 15) is 4.79 Å². The van der Waals surface area contributed by atoms with Gasteiger partial charge in [-0.25, -0.2) is 0 Å². The van der Waals surface area contributed by atoms with Crippen LogP contribution in [0, 0.1) is 5.92 Å². The van der Waals surface area contributed by atoms with Gasteiger partial charge in [-0.05, 0) is 39.2 Å². The lowest BCUT2D eigenvalue weighted by Crippen LogP contribution is -2.55. The molecule has 0 aromatic rings. The summed E-state index contributed by atoms with van der Waals surface area (Å²) in [5.74, 6) is 0.688. The van der Waals surface area contributed by atoms with Crippen molar-refractivity contribution in [3.05, 3.63) is 0 Å². The third-order valence-electron chi connectivity index (χ3n) is 5.19. The minimum atomic E-state index is 0. The Kier molecular flexibility index (Phi) is 5.70. The van der Waals surface area contributed by atoms with Crippen LogP contribution in [-0.2, 0) is 4.79 Å². The van der Waals surface area contributed by atoms with Crippen LogP contribution >= 0.6 is 12.4 Å². The number of hydrogen-bond acceptors (Lipinski definition) is 3. The minimum absolute atomic E-state index is 0. The summed E-state index contributed by atoms with van der Waals surface area (Å²) >= 11 is 0. The Morgan fingerprint density at radius 2 is 1.80 bits per heavy atom. The standard InChI is InChI=1S/C15H27N3O.ClH/c1-12-11-13(5-6-16-12)15(19)18-9-7-17(8-10-18)14-3-2-4-14;/h12-14,16H,2-11H2,1H3;1H/t12-,13-;/m0./s1. The van der Waals surface area contributed by atoms with E-state index >= 15 is 0 Å². The van der Waals surface area contributed by atoms with E-state index in [0.717, 1.165) is 51.6 Å². The Morgan fingerprint density at radius 3 is 2.35 bits per heavy atom. The lowest BCUT2D eigenvalue weighted by molar-refractivity contribution is -0.139. The fourth-order valence-electron chi connectivity index (χ4n) is 3.67. The highest BCUT2D eigenvalue weighted by Crippen LogP contribution is 2.26. The summed E-state index contributed by atoms with van der Waals surface area (Å²) in [6.07, 6.45) is 6.18. The summed E-state index contributed by atoms with van der Waals surface area (Å²) in [4.78, 5) is 17.3. The van der Waals surface area contributed by atoms with Gasteiger partial charge in [0.1, 0.15) is 0 Å². The molecule has 0 aromatic heterocycles. The van der Waals surface area contributed by atoms with Crippen molar-refractivity contribution in [1.29, 1.82) is 0 Å². The first kappa shape index (κ1) is 16.1. The monoisotopic (exact) mass is 301 g/mol. The fraction of sp³-hybridized carbons (Fsp3) is 0.933. The number of piperidine rings is 1. The van der Waals surface area contributed by atoms with Gasteiger partial charge in [-0.2, -0.15) is 0 Å². The predicted molar refractivity (Wildman–Crippen MR) is 83.2 cm³/mol. The summed E-state index contributed by atoms with van der Waals surface area (Å²) in [6.45, 7) is 7.28. The molecule has 1 N–H and O–H groups in total. The van der Waals surface area contributed by atoms with Crippen LogP contribution in [0.15, 0.2) is 0 Å². The van der Waals surface area contributed by atoms with Crippen LogP contribution in [0.25, 0.3) is 0 Å². The van der Waals surface area contributed by atoms with E-state index in [1.807, 2.05) is 0 Å². The van der Waals surface area contributed by atoms with E-state index in [0.29, 0.717) is 11.9 Å². The molecule has 0 radical (unpaired) electrons. The number of nitrogens with one attached hydrogen (secondary N) is 1. The van der Waals surface area contributed by atoms with Crippen molar-refractivity contribution in [2.24, 2.45) is 5.92 Å². The summed E-state index contributed by atoms with van der Waals surface area (Å²) < 4.78 is 0. The van der Waals surface area contributed by atoms with Crippen molar-refractivity contribution in [2.45, 2.75) is 51.1 Å². The molecule has 3 fully saturated rings. The second kappa shape index (κ2) is 7.10. The first-order chi connectivity index (χ1) is 9.24. The molecule has 3 aliphatic rings. The fourth-order valence-corrected chi connectivity index (χ4v) is 3.67. The molecule has 2 saturated heterocycles.